The molecule has 0 spiro atoms. The van der Waals surface area contributed by atoms with Gasteiger partial charge in [0.15, 0.2) is 28.8 Å². The average molecular weight is 428 g/mol. The summed E-state index contributed by atoms with van der Waals surface area (Å²) in [6, 6.07) is 3.37. The Hall–Kier alpha value is -3.29. The number of ether oxygens (including phenoxy) is 5. The summed E-state index contributed by atoms with van der Waals surface area (Å²) in [6.45, 7) is 4.17. The summed E-state index contributed by atoms with van der Waals surface area (Å²) in [5, 5.41) is 21.3. The molecule has 0 saturated heterocycles. The molecule has 0 saturated carbocycles. The highest BCUT2D eigenvalue weighted by Crippen LogP contribution is 2.56. The molecule has 0 fully saturated rings. The fourth-order valence-corrected chi connectivity index (χ4v) is 4.60. The summed E-state index contributed by atoms with van der Waals surface area (Å²) in [6.07, 6.45) is -0.281. The first kappa shape index (κ1) is 19.7. The van der Waals surface area contributed by atoms with E-state index in [-0.39, 0.29) is 41.5 Å². The Balaban J connectivity index is 1.65. The van der Waals surface area contributed by atoms with E-state index in [2.05, 4.69) is 0 Å². The lowest BCUT2D eigenvalue weighted by molar-refractivity contribution is 0.0547. The minimum atomic E-state index is -0.720. The Labute approximate surface area is 179 Å². The van der Waals surface area contributed by atoms with Gasteiger partial charge in [-0.25, -0.2) is 0 Å². The second-order valence-electron chi connectivity index (χ2n) is 8.37. The van der Waals surface area contributed by atoms with E-state index >= 15 is 0 Å². The quantitative estimate of drug-likeness (QED) is 0.719. The van der Waals surface area contributed by atoms with E-state index in [0.717, 1.165) is 0 Å². The third-order valence-electron chi connectivity index (χ3n) is 6.29. The molecule has 3 aliphatic rings. The number of carbonyl (C=O) groups excluding carboxylic acids is 1. The van der Waals surface area contributed by atoms with Crippen molar-refractivity contribution in [1.82, 2.24) is 0 Å². The van der Waals surface area contributed by atoms with E-state index in [0.29, 0.717) is 34.8 Å². The molecule has 2 N–H and O–H groups in total. The molecule has 3 heterocycles. The molecule has 2 aromatic rings. The van der Waals surface area contributed by atoms with Crippen molar-refractivity contribution in [3.05, 3.63) is 28.8 Å². The van der Waals surface area contributed by atoms with E-state index in [4.69, 9.17) is 23.7 Å². The largest absolute Gasteiger partial charge is 0.504 e. The standard InChI is InChI=1S/C23H24O8/c1-9(2)12-6-11-22-18(20(25)21(26)23(11)30-12)19(24)17-10-5-14(27-3)15(28-4)7-13(10)29-8-16(17)31-22/h5,7,9,12,16-17,25-26H,6,8H2,1-4H3/t12-,16-,17+/m1/s1. The number of carbonyl (C=O) groups is 1. The van der Waals surface area contributed by atoms with Gasteiger partial charge < -0.3 is 33.9 Å². The maximum atomic E-state index is 13.6. The van der Waals surface area contributed by atoms with Crippen LogP contribution in [0.15, 0.2) is 12.1 Å². The summed E-state index contributed by atoms with van der Waals surface area (Å²) in [5.41, 5.74) is 1.17. The highest BCUT2D eigenvalue weighted by molar-refractivity contribution is 6.09. The molecule has 0 amide bonds. The molecule has 0 radical (unpaired) electrons. The number of ketones is 1. The Bertz CT molecular complexity index is 1090. The van der Waals surface area contributed by atoms with Gasteiger partial charge in [0, 0.05) is 23.6 Å². The van der Waals surface area contributed by atoms with Gasteiger partial charge in [-0.15, -0.1) is 0 Å². The molecule has 0 aliphatic carbocycles. The maximum absolute atomic E-state index is 13.6. The number of phenols is 2. The van der Waals surface area contributed by atoms with Crippen molar-refractivity contribution >= 4 is 5.78 Å². The van der Waals surface area contributed by atoms with Crippen LogP contribution in [-0.4, -0.2) is 49.0 Å². The van der Waals surface area contributed by atoms with E-state index in [1.807, 2.05) is 13.8 Å². The third-order valence-corrected chi connectivity index (χ3v) is 6.29. The number of phenolic OH excluding ortho intramolecular Hbond substituents is 2. The molecule has 0 bridgehead atoms. The maximum Gasteiger partial charge on any atom is 0.201 e. The summed E-state index contributed by atoms with van der Waals surface area (Å²) < 4.78 is 28.7. The van der Waals surface area contributed by atoms with Crippen LogP contribution in [0, 0.1) is 5.92 Å². The molecule has 8 heteroatoms. The van der Waals surface area contributed by atoms with E-state index < -0.39 is 23.5 Å². The van der Waals surface area contributed by atoms with Gasteiger partial charge in [0.2, 0.25) is 5.75 Å². The van der Waals surface area contributed by atoms with Crippen LogP contribution < -0.4 is 23.7 Å². The normalized spacial score (nSPS) is 23.0. The lowest BCUT2D eigenvalue weighted by Gasteiger charge is -2.38. The van der Waals surface area contributed by atoms with Gasteiger partial charge in [-0.05, 0) is 12.0 Å². The Kier molecular flexibility index (Phi) is 4.35. The fraction of sp³-hybridized carbons (Fsp3) is 0.435. The Morgan fingerprint density at radius 2 is 1.74 bits per heavy atom. The highest BCUT2D eigenvalue weighted by Gasteiger charge is 2.48. The van der Waals surface area contributed by atoms with Crippen molar-refractivity contribution in [2.75, 3.05) is 20.8 Å². The predicted molar refractivity (Wildman–Crippen MR) is 109 cm³/mol. The number of aromatic hydroxyl groups is 2. The predicted octanol–water partition coefficient (Wildman–Crippen LogP) is 3.19. The van der Waals surface area contributed by atoms with Gasteiger partial charge in [-0.3, -0.25) is 4.79 Å². The van der Waals surface area contributed by atoms with Gasteiger partial charge in [0.1, 0.15) is 35.9 Å². The zero-order valence-corrected chi connectivity index (χ0v) is 17.7. The number of methoxy groups -OCH3 is 2. The highest BCUT2D eigenvalue weighted by atomic mass is 16.5. The number of hydrogen-bond acceptors (Lipinski definition) is 8. The molecule has 31 heavy (non-hydrogen) atoms. The van der Waals surface area contributed by atoms with Crippen LogP contribution in [0.4, 0.5) is 0 Å². The number of rotatable bonds is 3. The molecule has 3 aliphatic heterocycles. The SMILES string of the molecule is COc1cc2c(cc1OC)[C@@H]1C(=O)c3c(O)c(O)c4c(c3O[C@@H]1CO2)C[C@H](C(C)C)O4. The van der Waals surface area contributed by atoms with Crippen molar-refractivity contribution in [3.63, 3.8) is 0 Å². The van der Waals surface area contributed by atoms with Crippen molar-refractivity contribution < 1.29 is 38.7 Å². The first-order valence-corrected chi connectivity index (χ1v) is 10.2. The van der Waals surface area contributed by atoms with Gasteiger partial charge in [-0.2, -0.15) is 0 Å². The zero-order valence-electron chi connectivity index (χ0n) is 17.7. The van der Waals surface area contributed by atoms with Crippen LogP contribution in [0.3, 0.4) is 0 Å². The van der Waals surface area contributed by atoms with Crippen molar-refractivity contribution in [3.8, 4) is 40.2 Å². The van der Waals surface area contributed by atoms with Crippen LogP contribution >= 0.6 is 0 Å². The number of Topliss-reactive ketones (excluding diaryl/α,β-unsaturated/α-hetero) is 1. The summed E-state index contributed by atoms with van der Waals surface area (Å²) >= 11 is 0. The van der Waals surface area contributed by atoms with Gasteiger partial charge in [0.05, 0.1) is 20.1 Å². The number of hydrogen-bond donors (Lipinski definition) is 2. The minimum absolute atomic E-state index is 0.0202. The van der Waals surface area contributed by atoms with Gasteiger partial charge in [0.25, 0.3) is 0 Å². The van der Waals surface area contributed by atoms with Gasteiger partial charge in [-0.1, -0.05) is 13.8 Å². The summed E-state index contributed by atoms with van der Waals surface area (Å²) in [4.78, 5) is 13.6. The molecule has 8 nitrogen and oxygen atoms in total. The number of fused-ring (bicyclic) bond motifs is 6. The van der Waals surface area contributed by atoms with Crippen LogP contribution in [0.1, 0.15) is 41.3 Å². The second kappa shape index (κ2) is 6.87. The molecular weight excluding hydrogens is 404 g/mol. The number of benzene rings is 2. The summed E-state index contributed by atoms with van der Waals surface area (Å²) in [7, 11) is 3.03. The van der Waals surface area contributed by atoms with Crippen molar-refractivity contribution in [2.45, 2.75) is 38.4 Å². The fourth-order valence-electron chi connectivity index (χ4n) is 4.60. The smallest absolute Gasteiger partial charge is 0.201 e. The topological polar surface area (TPSA) is 104 Å². The molecule has 0 aromatic heterocycles. The molecule has 2 aromatic carbocycles. The van der Waals surface area contributed by atoms with E-state index in [9.17, 15) is 15.0 Å². The Morgan fingerprint density at radius 3 is 2.42 bits per heavy atom. The first-order valence-electron chi connectivity index (χ1n) is 10.2. The molecule has 0 unspecified atom stereocenters. The van der Waals surface area contributed by atoms with Crippen LogP contribution in [0.25, 0.3) is 0 Å². The summed E-state index contributed by atoms with van der Waals surface area (Å²) in [5.74, 6) is 0.0716. The molecule has 164 valence electrons. The molecular formula is C23H24O8. The van der Waals surface area contributed by atoms with Crippen LogP contribution in [0.5, 0.6) is 40.2 Å². The zero-order chi connectivity index (χ0) is 22.0. The van der Waals surface area contributed by atoms with E-state index in [1.54, 1.807) is 12.1 Å². The molecule has 5 rings (SSSR count). The van der Waals surface area contributed by atoms with Crippen LogP contribution in [-0.2, 0) is 6.42 Å². The van der Waals surface area contributed by atoms with E-state index in [1.165, 1.54) is 14.2 Å². The van der Waals surface area contributed by atoms with Crippen molar-refractivity contribution in [2.24, 2.45) is 5.92 Å². The van der Waals surface area contributed by atoms with Crippen molar-refractivity contribution in [1.29, 1.82) is 0 Å². The second-order valence-corrected chi connectivity index (χ2v) is 8.37. The molecule has 3 atom stereocenters. The Morgan fingerprint density at radius 1 is 1.03 bits per heavy atom. The van der Waals surface area contributed by atoms with Crippen LogP contribution in [0.2, 0.25) is 0 Å². The van der Waals surface area contributed by atoms with Gasteiger partial charge >= 0.3 is 0 Å². The lowest BCUT2D eigenvalue weighted by atomic mass is 9.80. The minimum Gasteiger partial charge on any atom is -0.504 e. The third kappa shape index (κ3) is 2.70. The monoisotopic (exact) mass is 428 g/mol. The lowest BCUT2D eigenvalue weighted by Crippen LogP contribution is -2.43. The first-order chi connectivity index (χ1) is 14.8. The average Bonchev–Trinajstić information content (AvgIpc) is 3.22.